The molecule has 0 unspecified atom stereocenters. The Bertz CT molecular complexity index is 1720. The smallest absolute Gasteiger partial charge is 0.264 e. The molecule has 4 aromatic rings. The molecule has 0 saturated carbocycles. The molecule has 0 radical (unpaired) electrons. The summed E-state index contributed by atoms with van der Waals surface area (Å²) in [6.07, 6.45) is 0.819. The number of aryl methyl sites for hydroxylation is 2. The number of nitrogens with one attached hydrogen (secondary N) is 1. The van der Waals surface area contributed by atoms with Gasteiger partial charge in [0.15, 0.2) is 0 Å². The van der Waals surface area contributed by atoms with Crippen molar-refractivity contribution in [1.29, 1.82) is 0 Å². The minimum atomic E-state index is -4.21. The molecule has 2 atom stereocenters. The molecule has 0 heterocycles. The summed E-state index contributed by atoms with van der Waals surface area (Å²) in [7, 11) is -4.21. The van der Waals surface area contributed by atoms with Gasteiger partial charge in [0, 0.05) is 24.6 Å². The molecule has 0 aromatic heterocycles. The van der Waals surface area contributed by atoms with Gasteiger partial charge < -0.3 is 10.2 Å². The zero-order valence-electron chi connectivity index (χ0n) is 26.1. The van der Waals surface area contributed by atoms with Crippen LogP contribution in [0, 0.1) is 19.7 Å². The molecule has 236 valence electrons. The van der Waals surface area contributed by atoms with Crippen LogP contribution in [0.4, 0.5) is 10.1 Å². The molecule has 0 aliphatic carbocycles. The number of rotatable bonds is 13. The van der Waals surface area contributed by atoms with E-state index in [9.17, 15) is 18.0 Å². The Morgan fingerprint density at radius 2 is 1.47 bits per heavy atom. The van der Waals surface area contributed by atoms with E-state index >= 15 is 4.39 Å². The van der Waals surface area contributed by atoms with Crippen molar-refractivity contribution in [3.05, 3.63) is 131 Å². The fourth-order valence-electron chi connectivity index (χ4n) is 4.93. The number of carbonyl (C=O) groups excluding carboxylic acids is 2. The van der Waals surface area contributed by atoms with Crippen LogP contribution in [0.1, 0.15) is 42.5 Å². The molecule has 0 spiro atoms. The lowest BCUT2D eigenvalue weighted by atomic mass is 10.0. The normalized spacial score (nSPS) is 12.6. The van der Waals surface area contributed by atoms with Gasteiger partial charge in [0.2, 0.25) is 11.8 Å². The fraction of sp³-hybridized carbons (Fsp3) is 0.278. The summed E-state index contributed by atoms with van der Waals surface area (Å²) >= 11 is 0. The number of benzene rings is 4. The number of sulfonamides is 1. The second kappa shape index (κ2) is 15.0. The molecular formula is C36H40FN3O4S. The van der Waals surface area contributed by atoms with Crippen molar-refractivity contribution in [2.45, 2.75) is 64.1 Å². The van der Waals surface area contributed by atoms with Crippen LogP contribution >= 0.6 is 0 Å². The van der Waals surface area contributed by atoms with E-state index in [0.29, 0.717) is 12.1 Å². The third-order valence-electron chi connectivity index (χ3n) is 7.96. The van der Waals surface area contributed by atoms with Gasteiger partial charge in [0.05, 0.1) is 10.6 Å². The molecule has 7 nitrogen and oxygen atoms in total. The van der Waals surface area contributed by atoms with Crippen LogP contribution in [0.5, 0.6) is 0 Å². The zero-order chi connectivity index (χ0) is 32.6. The number of hydrogen-bond acceptors (Lipinski definition) is 4. The first-order valence-electron chi connectivity index (χ1n) is 15.0. The minimum Gasteiger partial charge on any atom is -0.352 e. The molecule has 0 aliphatic rings. The number of hydrogen-bond donors (Lipinski definition) is 1. The highest BCUT2D eigenvalue weighted by molar-refractivity contribution is 7.92. The molecule has 0 bridgehead atoms. The fourth-order valence-corrected chi connectivity index (χ4v) is 6.36. The predicted molar refractivity (Wildman–Crippen MR) is 176 cm³/mol. The summed E-state index contributed by atoms with van der Waals surface area (Å²) in [5.41, 5.74) is 3.14. The zero-order valence-corrected chi connectivity index (χ0v) is 26.9. The van der Waals surface area contributed by atoms with Gasteiger partial charge in [-0.15, -0.1) is 0 Å². The highest BCUT2D eigenvalue weighted by Gasteiger charge is 2.35. The average molecular weight is 630 g/mol. The first-order chi connectivity index (χ1) is 21.5. The Balaban J connectivity index is 1.83. The molecule has 4 rings (SSSR count). The Kier molecular flexibility index (Phi) is 11.1. The van der Waals surface area contributed by atoms with E-state index in [1.54, 1.807) is 54.6 Å². The van der Waals surface area contributed by atoms with Gasteiger partial charge in [-0.1, -0.05) is 79.7 Å². The van der Waals surface area contributed by atoms with Gasteiger partial charge in [0.25, 0.3) is 10.0 Å². The van der Waals surface area contributed by atoms with E-state index in [2.05, 4.69) is 5.32 Å². The number of amides is 2. The summed E-state index contributed by atoms with van der Waals surface area (Å²) in [4.78, 5) is 29.7. The molecule has 9 heteroatoms. The topological polar surface area (TPSA) is 86.8 Å². The first-order valence-corrected chi connectivity index (χ1v) is 16.5. The standard InChI is InChI=1S/C36H40FN3O4S/c1-5-28(4)38-36(42)34(23-29-14-8-6-9-15-29)39(24-30-16-12-13-19-33(30)37)35(41)25-40(31-21-20-26(2)27(3)22-31)45(43,44)32-17-10-7-11-18-32/h6-22,28,34H,5,23-25H2,1-4H3,(H,38,42)/t28-,34-/m1/s1. The maximum Gasteiger partial charge on any atom is 0.264 e. The largest absolute Gasteiger partial charge is 0.352 e. The van der Waals surface area contributed by atoms with Crippen molar-refractivity contribution in [3.8, 4) is 0 Å². The summed E-state index contributed by atoms with van der Waals surface area (Å²) in [6.45, 7) is 6.76. The van der Waals surface area contributed by atoms with Crippen LogP contribution in [0.3, 0.4) is 0 Å². The first kappa shape index (κ1) is 33.4. The maximum absolute atomic E-state index is 15.0. The monoisotopic (exact) mass is 629 g/mol. The summed E-state index contributed by atoms with van der Waals surface area (Å²) < 4.78 is 44.3. The van der Waals surface area contributed by atoms with Crippen LogP contribution in [0.25, 0.3) is 0 Å². The number of halogens is 1. The van der Waals surface area contributed by atoms with Crippen LogP contribution in [-0.2, 0) is 32.6 Å². The highest BCUT2D eigenvalue weighted by atomic mass is 32.2. The van der Waals surface area contributed by atoms with Crippen LogP contribution in [0.2, 0.25) is 0 Å². The van der Waals surface area contributed by atoms with Crippen LogP contribution in [-0.4, -0.2) is 43.8 Å². The molecule has 45 heavy (non-hydrogen) atoms. The molecule has 4 aromatic carbocycles. The van der Waals surface area contributed by atoms with Crippen molar-refractivity contribution in [2.75, 3.05) is 10.8 Å². The molecule has 1 N–H and O–H groups in total. The lowest BCUT2D eigenvalue weighted by Gasteiger charge is -2.34. The summed E-state index contributed by atoms with van der Waals surface area (Å²) in [6, 6.07) is 27.2. The highest BCUT2D eigenvalue weighted by Crippen LogP contribution is 2.27. The molecule has 0 aliphatic heterocycles. The molecular weight excluding hydrogens is 589 g/mol. The number of nitrogens with zero attached hydrogens (tertiary/aromatic N) is 2. The average Bonchev–Trinajstić information content (AvgIpc) is 3.04. The Morgan fingerprint density at radius 1 is 0.844 bits per heavy atom. The lowest BCUT2D eigenvalue weighted by molar-refractivity contribution is -0.140. The number of anilines is 1. The maximum atomic E-state index is 15.0. The van der Waals surface area contributed by atoms with Crippen molar-refractivity contribution in [3.63, 3.8) is 0 Å². The van der Waals surface area contributed by atoms with Crippen molar-refractivity contribution in [2.24, 2.45) is 0 Å². The van der Waals surface area contributed by atoms with Gasteiger partial charge in [0.1, 0.15) is 18.4 Å². The summed E-state index contributed by atoms with van der Waals surface area (Å²) in [5.74, 6) is -1.57. The second-order valence-electron chi connectivity index (χ2n) is 11.2. The van der Waals surface area contributed by atoms with E-state index in [0.717, 1.165) is 21.0 Å². The Hall–Kier alpha value is -4.50. The van der Waals surface area contributed by atoms with Crippen molar-refractivity contribution < 1.29 is 22.4 Å². The SMILES string of the molecule is CC[C@@H](C)NC(=O)[C@@H](Cc1ccccc1)N(Cc1ccccc1F)C(=O)CN(c1ccc(C)c(C)c1)S(=O)(=O)c1ccccc1. The van der Waals surface area contributed by atoms with Crippen LogP contribution in [0.15, 0.2) is 108 Å². The van der Waals surface area contributed by atoms with E-state index < -0.39 is 40.2 Å². The Morgan fingerprint density at radius 3 is 2.09 bits per heavy atom. The van der Waals surface area contributed by atoms with Gasteiger partial charge in [-0.25, -0.2) is 12.8 Å². The van der Waals surface area contributed by atoms with Gasteiger partial charge in [-0.3, -0.25) is 13.9 Å². The van der Waals surface area contributed by atoms with Crippen molar-refractivity contribution >= 4 is 27.5 Å². The summed E-state index contributed by atoms with van der Waals surface area (Å²) in [5, 5.41) is 2.98. The quantitative estimate of drug-likeness (QED) is 0.191. The molecule has 0 fully saturated rings. The van der Waals surface area contributed by atoms with Gasteiger partial charge >= 0.3 is 0 Å². The lowest BCUT2D eigenvalue weighted by Crippen LogP contribution is -2.54. The van der Waals surface area contributed by atoms with E-state index in [1.165, 1.54) is 23.1 Å². The minimum absolute atomic E-state index is 0.0204. The van der Waals surface area contributed by atoms with E-state index in [-0.39, 0.29) is 29.5 Å². The molecule has 2 amide bonds. The molecule has 0 saturated heterocycles. The Labute approximate surface area is 265 Å². The second-order valence-corrected chi connectivity index (χ2v) is 13.1. The van der Waals surface area contributed by atoms with E-state index in [1.807, 2.05) is 58.0 Å². The number of carbonyl (C=O) groups is 2. The van der Waals surface area contributed by atoms with E-state index in [4.69, 9.17) is 0 Å². The third-order valence-corrected chi connectivity index (χ3v) is 9.75. The van der Waals surface area contributed by atoms with Gasteiger partial charge in [-0.2, -0.15) is 0 Å². The van der Waals surface area contributed by atoms with Gasteiger partial charge in [-0.05, 0) is 74.2 Å². The van der Waals surface area contributed by atoms with Crippen LogP contribution < -0.4 is 9.62 Å². The third kappa shape index (κ3) is 8.36. The predicted octanol–water partition coefficient (Wildman–Crippen LogP) is 6.19. The van der Waals surface area contributed by atoms with Crippen molar-refractivity contribution in [1.82, 2.24) is 10.2 Å².